The van der Waals surface area contributed by atoms with Crippen molar-refractivity contribution >= 4 is 21.8 Å². The van der Waals surface area contributed by atoms with Gasteiger partial charge in [-0.15, -0.1) is 0 Å². The van der Waals surface area contributed by atoms with Crippen molar-refractivity contribution in [2.45, 2.75) is 13.5 Å². The Morgan fingerprint density at radius 1 is 1.25 bits per heavy atom. The van der Waals surface area contributed by atoms with Gasteiger partial charge in [0, 0.05) is 18.1 Å². The van der Waals surface area contributed by atoms with Crippen molar-refractivity contribution in [1.29, 1.82) is 0 Å². The zero-order valence-electron chi connectivity index (χ0n) is 11.4. The number of hydrogen-bond donors (Lipinski definition) is 0. The number of carbonyl (C=O) groups excluding carboxylic acids is 1. The van der Waals surface area contributed by atoms with Crippen LogP contribution in [0.2, 0.25) is 0 Å². The van der Waals surface area contributed by atoms with Crippen molar-refractivity contribution < 1.29 is 9.18 Å². The molecule has 0 unspecified atom stereocenters. The molecule has 0 radical (unpaired) electrons. The molecule has 2 rings (SSSR count). The zero-order chi connectivity index (χ0) is 14.7. The summed E-state index contributed by atoms with van der Waals surface area (Å²) < 4.78 is 14.8. The molecule has 0 N–H and O–H groups in total. The summed E-state index contributed by atoms with van der Waals surface area (Å²) in [5, 5.41) is 0. The zero-order valence-corrected chi connectivity index (χ0v) is 12.9. The van der Waals surface area contributed by atoms with Crippen LogP contribution in [0.1, 0.15) is 21.5 Å². The molecule has 2 aromatic carbocycles. The van der Waals surface area contributed by atoms with Crippen LogP contribution in [0, 0.1) is 12.7 Å². The number of carbonyl (C=O) groups is 1. The van der Waals surface area contributed by atoms with E-state index in [1.165, 1.54) is 17.0 Å². The third-order valence-electron chi connectivity index (χ3n) is 3.07. The number of amides is 1. The van der Waals surface area contributed by atoms with Gasteiger partial charge in [-0.05, 0) is 36.2 Å². The van der Waals surface area contributed by atoms with Crippen molar-refractivity contribution in [3.63, 3.8) is 0 Å². The highest BCUT2D eigenvalue weighted by Crippen LogP contribution is 2.19. The summed E-state index contributed by atoms with van der Waals surface area (Å²) in [6.07, 6.45) is 0. The Hall–Kier alpha value is -1.68. The van der Waals surface area contributed by atoms with Gasteiger partial charge in [-0.1, -0.05) is 40.2 Å². The lowest BCUT2D eigenvalue weighted by molar-refractivity contribution is 0.0780. The van der Waals surface area contributed by atoms with E-state index in [2.05, 4.69) is 15.9 Å². The molecule has 20 heavy (non-hydrogen) atoms. The summed E-state index contributed by atoms with van der Waals surface area (Å²) >= 11 is 3.44. The Labute approximate surface area is 126 Å². The number of benzene rings is 2. The third kappa shape index (κ3) is 3.25. The van der Waals surface area contributed by atoms with E-state index < -0.39 is 5.82 Å². The van der Waals surface area contributed by atoms with E-state index in [-0.39, 0.29) is 11.5 Å². The minimum Gasteiger partial charge on any atom is -0.337 e. The summed E-state index contributed by atoms with van der Waals surface area (Å²) in [7, 11) is 1.67. The van der Waals surface area contributed by atoms with Crippen molar-refractivity contribution in [3.05, 3.63) is 69.4 Å². The molecular formula is C16H15BrFNO. The number of hydrogen-bond acceptors (Lipinski definition) is 1. The van der Waals surface area contributed by atoms with Gasteiger partial charge in [-0.3, -0.25) is 4.79 Å². The van der Waals surface area contributed by atoms with Gasteiger partial charge < -0.3 is 4.90 Å². The summed E-state index contributed by atoms with van der Waals surface area (Å²) in [6.45, 7) is 2.22. The molecule has 0 saturated carbocycles. The van der Waals surface area contributed by atoms with Gasteiger partial charge in [-0.25, -0.2) is 4.39 Å². The highest BCUT2D eigenvalue weighted by molar-refractivity contribution is 9.10. The minimum absolute atomic E-state index is 0.102. The van der Waals surface area contributed by atoms with Crippen LogP contribution in [-0.4, -0.2) is 17.9 Å². The van der Waals surface area contributed by atoms with Crippen LogP contribution in [0.4, 0.5) is 4.39 Å². The maximum absolute atomic E-state index is 13.8. The fourth-order valence-electron chi connectivity index (χ4n) is 1.95. The number of aryl methyl sites for hydroxylation is 1. The second kappa shape index (κ2) is 6.18. The molecule has 4 heteroatoms. The molecule has 0 fully saturated rings. The summed E-state index contributed by atoms with van der Waals surface area (Å²) in [5.41, 5.74) is 1.88. The quantitative estimate of drug-likeness (QED) is 0.824. The standard InChI is InChI=1S/C16H15BrFNO/c1-11-7-8-13(15(18)9-11)16(20)19(2)10-12-5-3-4-6-14(12)17/h3-9H,10H2,1-2H3. The van der Waals surface area contributed by atoms with E-state index >= 15 is 0 Å². The summed E-state index contributed by atoms with van der Waals surface area (Å²) in [6, 6.07) is 12.3. The van der Waals surface area contributed by atoms with Gasteiger partial charge in [0.25, 0.3) is 5.91 Å². The molecule has 0 aliphatic heterocycles. The van der Waals surface area contributed by atoms with E-state index in [0.29, 0.717) is 6.54 Å². The first kappa shape index (κ1) is 14.7. The van der Waals surface area contributed by atoms with Gasteiger partial charge in [0.1, 0.15) is 5.82 Å². The minimum atomic E-state index is -0.478. The van der Waals surface area contributed by atoms with E-state index in [1.54, 1.807) is 20.0 Å². The fraction of sp³-hybridized carbons (Fsp3) is 0.188. The molecule has 0 bridgehead atoms. The molecule has 0 aliphatic rings. The molecule has 0 aromatic heterocycles. The Balaban J connectivity index is 2.19. The number of halogens is 2. The second-order valence-corrected chi connectivity index (χ2v) is 5.59. The third-order valence-corrected chi connectivity index (χ3v) is 3.84. The molecule has 1 amide bonds. The molecule has 104 valence electrons. The van der Waals surface area contributed by atoms with E-state index in [4.69, 9.17) is 0 Å². The van der Waals surface area contributed by atoms with Crippen LogP contribution < -0.4 is 0 Å². The van der Waals surface area contributed by atoms with Gasteiger partial charge in [0.2, 0.25) is 0 Å². The van der Waals surface area contributed by atoms with Crippen molar-refractivity contribution in [2.24, 2.45) is 0 Å². The van der Waals surface area contributed by atoms with Crippen LogP contribution in [0.15, 0.2) is 46.9 Å². The van der Waals surface area contributed by atoms with Gasteiger partial charge in [0.05, 0.1) is 5.56 Å². The molecule has 0 saturated heterocycles. The van der Waals surface area contributed by atoms with Gasteiger partial charge in [-0.2, -0.15) is 0 Å². The Morgan fingerprint density at radius 2 is 1.95 bits per heavy atom. The maximum Gasteiger partial charge on any atom is 0.256 e. The van der Waals surface area contributed by atoms with Crippen molar-refractivity contribution in [1.82, 2.24) is 4.90 Å². The highest BCUT2D eigenvalue weighted by Gasteiger charge is 2.16. The van der Waals surface area contributed by atoms with Crippen molar-refractivity contribution in [2.75, 3.05) is 7.05 Å². The van der Waals surface area contributed by atoms with E-state index in [1.807, 2.05) is 24.3 Å². The van der Waals surface area contributed by atoms with Gasteiger partial charge in [0.15, 0.2) is 0 Å². The van der Waals surface area contributed by atoms with Crippen LogP contribution in [-0.2, 0) is 6.54 Å². The average Bonchev–Trinajstić information content (AvgIpc) is 2.40. The predicted molar refractivity (Wildman–Crippen MR) is 81.1 cm³/mol. The smallest absolute Gasteiger partial charge is 0.256 e. The molecular weight excluding hydrogens is 321 g/mol. The molecule has 0 heterocycles. The second-order valence-electron chi connectivity index (χ2n) is 4.74. The average molecular weight is 336 g/mol. The molecule has 0 spiro atoms. The number of rotatable bonds is 3. The van der Waals surface area contributed by atoms with Gasteiger partial charge >= 0.3 is 0 Å². The first-order valence-electron chi connectivity index (χ1n) is 6.24. The molecule has 0 aliphatic carbocycles. The Morgan fingerprint density at radius 3 is 2.60 bits per heavy atom. The van der Waals surface area contributed by atoms with Crippen LogP contribution >= 0.6 is 15.9 Å². The normalized spacial score (nSPS) is 10.4. The van der Waals surface area contributed by atoms with Crippen LogP contribution in [0.25, 0.3) is 0 Å². The summed E-state index contributed by atoms with van der Waals surface area (Å²) in [5.74, 6) is -0.799. The first-order chi connectivity index (χ1) is 9.49. The topological polar surface area (TPSA) is 20.3 Å². The monoisotopic (exact) mass is 335 g/mol. The maximum atomic E-state index is 13.8. The fourth-order valence-corrected chi connectivity index (χ4v) is 2.36. The van der Waals surface area contributed by atoms with Crippen LogP contribution in [0.5, 0.6) is 0 Å². The number of nitrogens with zero attached hydrogens (tertiary/aromatic N) is 1. The van der Waals surface area contributed by atoms with Crippen molar-refractivity contribution in [3.8, 4) is 0 Å². The lowest BCUT2D eigenvalue weighted by atomic mass is 10.1. The first-order valence-corrected chi connectivity index (χ1v) is 7.03. The molecule has 0 atom stereocenters. The van der Waals surface area contributed by atoms with Crippen LogP contribution in [0.3, 0.4) is 0 Å². The predicted octanol–water partition coefficient (Wildman–Crippen LogP) is 4.17. The highest BCUT2D eigenvalue weighted by atomic mass is 79.9. The summed E-state index contributed by atoms with van der Waals surface area (Å²) in [4.78, 5) is 13.8. The lowest BCUT2D eigenvalue weighted by Gasteiger charge is -2.18. The van der Waals surface area contributed by atoms with E-state index in [0.717, 1.165) is 15.6 Å². The Kier molecular flexibility index (Phi) is 4.55. The molecule has 2 nitrogen and oxygen atoms in total. The van der Waals surface area contributed by atoms with E-state index in [9.17, 15) is 9.18 Å². The largest absolute Gasteiger partial charge is 0.337 e. The Bertz CT molecular complexity index is 642. The molecule has 2 aromatic rings. The SMILES string of the molecule is Cc1ccc(C(=O)N(C)Cc2ccccc2Br)c(F)c1. The lowest BCUT2D eigenvalue weighted by Crippen LogP contribution is -2.27.